The van der Waals surface area contributed by atoms with Gasteiger partial charge in [0.1, 0.15) is 6.04 Å². The zero-order chi connectivity index (χ0) is 11.4. The molecule has 3 nitrogen and oxygen atoms in total. The fourth-order valence-electron chi connectivity index (χ4n) is 1.08. The number of rotatable bonds is 4. The SMILES string of the molecule is CCOC(=O)C(N)Cc1cc(Cl)sc1Cl. The van der Waals surface area contributed by atoms with Crippen LogP contribution in [0.4, 0.5) is 0 Å². The third kappa shape index (κ3) is 3.65. The van der Waals surface area contributed by atoms with Crippen LogP contribution in [-0.2, 0) is 16.0 Å². The zero-order valence-corrected chi connectivity index (χ0v) is 10.5. The van der Waals surface area contributed by atoms with Gasteiger partial charge in [-0.2, -0.15) is 0 Å². The largest absolute Gasteiger partial charge is 0.465 e. The van der Waals surface area contributed by atoms with Gasteiger partial charge in [-0.25, -0.2) is 0 Å². The highest BCUT2D eigenvalue weighted by Crippen LogP contribution is 2.31. The molecule has 0 amide bonds. The first-order valence-corrected chi connectivity index (χ1v) is 5.97. The van der Waals surface area contributed by atoms with E-state index in [0.29, 0.717) is 21.7 Å². The van der Waals surface area contributed by atoms with E-state index < -0.39 is 12.0 Å². The second-order valence-electron chi connectivity index (χ2n) is 2.91. The molecule has 0 bridgehead atoms. The summed E-state index contributed by atoms with van der Waals surface area (Å²) in [4.78, 5) is 11.2. The summed E-state index contributed by atoms with van der Waals surface area (Å²) < 4.78 is 5.94. The van der Waals surface area contributed by atoms with Crippen molar-refractivity contribution in [1.82, 2.24) is 0 Å². The highest BCUT2D eigenvalue weighted by atomic mass is 35.5. The summed E-state index contributed by atoms with van der Waals surface area (Å²) in [5.74, 6) is -0.420. The van der Waals surface area contributed by atoms with Crippen LogP contribution < -0.4 is 5.73 Å². The molecule has 15 heavy (non-hydrogen) atoms. The van der Waals surface area contributed by atoms with Crippen LogP contribution in [0.5, 0.6) is 0 Å². The highest BCUT2D eigenvalue weighted by molar-refractivity contribution is 7.20. The number of carbonyl (C=O) groups excluding carboxylic acids is 1. The van der Waals surface area contributed by atoms with Gasteiger partial charge >= 0.3 is 5.97 Å². The summed E-state index contributed by atoms with van der Waals surface area (Å²) in [5.41, 5.74) is 6.43. The minimum atomic E-state index is -0.687. The Morgan fingerprint density at radius 3 is 2.80 bits per heavy atom. The predicted molar refractivity (Wildman–Crippen MR) is 62.7 cm³/mol. The number of carbonyl (C=O) groups is 1. The molecule has 1 aromatic rings. The number of thiophene rings is 1. The Hall–Kier alpha value is -0.290. The molecule has 0 radical (unpaired) electrons. The van der Waals surface area contributed by atoms with Gasteiger partial charge in [-0.1, -0.05) is 23.2 Å². The molecule has 1 heterocycles. The third-order valence-corrected chi connectivity index (χ3v) is 3.33. The molecule has 1 atom stereocenters. The van der Waals surface area contributed by atoms with Crippen molar-refractivity contribution in [2.75, 3.05) is 6.61 Å². The molecule has 1 aromatic heterocycles. The first-order chi connectivity index (χ1) is 7.04. The topological polar surface area (TPSA) is 52.3 Å². The lowest BCUT2D eigenvalue weighted by molar-refractivity contribution is -0.144. The average molecular weight is 268 g/mol. The summed E-state index contributed by atoms with van der Waals surface area (Å²) in [5, 5.41) is 0. The van der Waals surface area contributed by atoms with Gasteiger partial charge in [0.15, 0.2) is 0 Å². The Balaban J connectivity index is 2.61. The summed E-state index contributed by atoms with van der Waals surface area (Å²) >= 11 is 12.9. The van der Waals surface area contributed by atoms with E-state index in [1.54, 1.807) is 13.0 Å². The van der Waals surface area contributed by atoms with Gasteiger partial charge in [0, 0.05) is 6.42 Å². The maximum Gasteiger partial charge on any atom is 0.323 e. The van der Waals surface area contributed by atoms with E-state index in [-0.39, 0.29) is 0 Å². The van der Waals surface area contributed by atoms with Crippen LogP contribution in [0.25, 0.3) is 0 Å². The second kappa shape index (κ2) is 5.70. The zero-order valence-electron chi connectivity index (χ0n) is 8.13. The molecule has 1 rings (SSSR count). The van der Waals surface area contributed by atoms with E-state index in [9.17, 15) is 4.79 Å². The molecule has 0 fully saturated rings. The predicted octanol–water partition coefficient (Wildman–Crippen LogP) is 2.49. The average Bonchev–Trinajstić information content (AvgIpc) is 2.45. The molecule has 0 spiro atoms. The third-order valence-electron chi connectivity index (χ3n) is 1.76. The van der Waals surface area contributed by atoms with Crippen LogP contribution >= 0.6 is 34.5 Å². The van der Waals surface area contributed by atoms with E-state index >= 15 is 0 Å². The Morgan fingerprint density at radius 2 is 2.33 bits per heavy atom. The molecule has 1 unspecified atom stereocenters. The van der Waals surface area contributed by atoms with Crippen molar-refractivity contribution in [3.8, 4) is 0 Å². The number of nitrogens with two attached hydrogens (primary N) is 1. The van der Waals surface area contributed by atoms with E-state index in [4.69, 9.17) is 33.7 Å². The normalized spacial score (nSPS) is 12.5. The van der Waals surface area contributed by atoms with Crippen molar-refractivity contribution >= 4 is 40.5 Å². The number of esters is 1. The van der Waals surface area contributed by atoms with Gasteiger partial charge in [0.25, 0.3) is 0 Å². The van der Waals surface area contributed by atoms with Gasteiger partial charge in [-0.3, -0.25) is 4.79 Å². The molecule has 0 saturated heterocycles. The molecule has 0 aliphatic heterocycles. The van der Waals surface area contributed by atoms with E-state index in [0.717, 1.165) is 5.56 Å². The first-order valence-electron chi connectivity index (χ1n) is 4.40. The molecule has 0 saturated carbocycles. The van der Waals surface area contributed by atoms with Gasteiger partial charge in [-0.05, 0) is 18.6 Å². The summed E-state index contributed by atoms with van der Waals surface area (Å²) in [6.07, 6.45) is 0.348. The summed E-state index contributed by atoms with van der Waals surface area (Å²) in [6, 6.07) is 1.03. The fraction of sp³-hybridized carbons (Fsp3) is 0.444. The lowest BCUT2D eigenvalue weighted by Crippen LogP contribution is -2.34. The van der Waals surface area contributed by atoms with Crippen molar-refractivity contribution in [1.29, 1.82) is 0 Å². The fourth-order valence-corrected chi connectivity index (χ4v) is 2.59. The Morgan fingerprint density at radius 1 is 1.67 bits per heavy atom. The van der Waals surface area contributed by atoms with Crippen LogP contribution in [0.1, 0.15) is 12.5 Å². The molecule has 2 N–H and O–H groups in total. The van der Waals surface area contributed by atoms with Gasteiger partial charge < -0.3 is 10.5 Å². The maximum absolute atomic E-state index is 11.2. The van der Waals surface area contributed by atoms with Crippen LogP contribution in [0, 0.1) is 0 Å². The van der Waals surface area contributed by atoms with Crippen molar-refractivity contribution in [3.63, 3.8) is 0 Å². The Bertz CT molecular complexity index is 354. The van der Waals surface area contributed by atoms with Crippen LogP contribution in [0.2, 0.25) is 8.67 Å². The smallest absolute Gasteiger partial charge is 0.323 e. The Labute approximate surface area is 102 Å². The quantitative estimate of drug-likeness (QED) is 0.853. The van der Waals surface area contributed by atoms with Crippen LogP contribution in [0.3, 0.4) is 0 Å². The van der Waals surface area contributed by atoms with E-state index in [1.807, 2.05) is 0 Å². The van der Waals surface area contributed by atoms with Crippen molar-refractivity contribution in [2.45, 2.75) is 19.4 Å². The monoisotopic (exact) mass is 267 g/mol. The number of hydrogen-bond donors (Lipinski definition) is 1. The molecule has 0 aliphatic carbocycles. The molecule has 84 valence electrons. The van der Waals surface area contributed by atoms with Gasteiger partial charge in [0.05, 0.1) is 15.3 Å². The first kappa shape index (κ1) is 12.8. The minimum Gasteiger partial charge on any atom is -0.465 e. The van der Waals surface area contributed by atoms with E-state index in [2.05, 4.69) is 0 Å². The van der Waals surface area contributed by atoms with Crippen molar-refractivity contribution < 1.29 is 9.53 Å². The molecule has 0 aliphatic rings. The van der Waals surface area contributed by atoms with Crippen LogP contribution in [0.15, 0.2) is 6.07 Å². The van der Waals surface area contributed by atoms with Gasteiger partial charge in [0.2, 0.25) is 0 Å². The van der Waals surface area contributed by atoms with E-state index in [1.165, 1.54) is 11.3 Å². The summed E-state index contributed by atoms with van der Waals surface area (Å²) in [7, 11) is 0. The van der Waals surface area contributed by atoms with Crippen LogP contribution in [-0.4, -0.2) is 18.6 Å². The number of halogens is 2. The van der Waals surface area contributed by atoms with Crippen molar-refractivity contribution in [2.24, 2.45) is 5.73 Å². The Kier molecular flexibility index (Phi) is 4.86. The lowest BCUT2D eigenvalue weighted by Gasteiger charge is -2.09. The lowest BCUT2D eigenvalue weighted by atomic mass is 10.1. The number of hydrogen-bond acceptors (Lipinski definition) is 4. The maximum atomic E-state index is 11.2. The standard InChI is InChI=1S/C9H11Cl2NO2S/c1-2-14-9(13)6(12)3-5-4-7(10)15-8(5)11/h4,6H,2-3,12H2,1H3. The second-order valence-corrected chi connectivity index (χ2v) is 5.20. The molecular weight excluding hydrogens is 257 g/mol. The molecule has 6 heteroatoms. The van der Waals surface area contributed by atoms with Gasteiger partial charge in [-0.15, -0.1) is 11.3 Å². The minimum absolute atomic E-state index is 0.324. The summed E-state index contributed by atoms with van der Waals surface area (Å²) in [6.45, 7) is 2.06. The van der Waals surface area contributed by atoms with Crippen molar-refractivity contribution in [3.05, 3.63) is 20.3 Å². The highest BCUT2D eigenvalue weighted by Gasteiger charge is 2.17. The number of ether oxygens (including phenoxy) is 1. The molecule has 0 aromatic carbocycles. The molecular formula is C9H11Cl2NO2S.